The van der Waals surface area contributed by atoms with Crippen LogP contribution < -0.4 is 4.74 Å². The molecule has 0 radical (unpaired) electrons. The summed E-state index contributed by atoms with van der Waals surface area (Å²) in [5.41, 5.74) is 0.128. The molecule has 24 heavy (non-hydrogen) atoms. The molecule has 1 saturated heterocycles. The van der Waals surface area contributed by atoms with E-state index in [-0.39, 0.29) is 42.4 Å². The molecule has 1 fully saturated rings. The second-order valence-electron chi connectivity index (χ2n) is 5.35. The molecule has 0 spiro atoms. The predicted molar refractivity (Wildman–Crippen MR) is 82.8 cm³/mol. The largest absolute Gasteiger partial charge is 0.470 e. The van der Waals surface area contributed by atoms with Crippen molar-refractivity contribution in [2.45, 2.75) is 38.7 Å². The number of hydrogen-bond donors (Lipinski definition) is 0. The zero-order valence-corrected chi connectivity index (χ0v) is 13.6. The van der Waals surface area contributed by atoms with Gasteiger partial charge in [0.05, 0.1) is 19.6 Å². The van der Waals surface area contributed by atoms with E-state index in [1.54, 1.807) is 11.8 Å². The van der Waals surface area contributed by atoms with Gasteiger partial charge in [0.15, 0.2) is 0 Å². The van der Waals surface area contributed by atoms with Crippen molar-refractivity contribution in [3.05, 3.63) is 18.1 Å². The third-order valence-electron chi connectivity index (χ3n) is 3.63. The lowest BCUT2D eigenvalue weighted by Gasteiger charge is -2.32. The molecular weight excluding hydrogens is 312 g/mol. The number of aromatic nitrogens is 2. The molecule has 128 valence electrons. The lowest BCUT2D eigenvalue weighted by Crippen LogP contribution is -2.44. The number of likely N-dealkylation sites (tertiary alicyclic amines) is 1. The first-order valence-electron chi connectivity index (χ1n) is 7.95. The van der Waals surface area contributed by atoms with Gasteiger partial charge in [0, 0.05) is 25.4 Å². The van der Waals surface area contributed by atoms with E-state index in [0.29, 0.717) is 19.7 Å². The van der Waals surface area contributed by atoms with Gasteiger partial charge in [-0.05, 0) is 19.8 Å². The molecule has 1 unspecified atom stereocenters. The quantitative estimate of drug-likeness (QED) is 0.717. The zero-order valence-electron chi connectivity index (χ0n) is 13.6. The van der Waals surface area contributed by atoms with Crippen LogP contribution in [-0.2, 0) is 14.3 Å². The third kappa shape index (κ3) is 4.91. The number of piperidine rings is 1. The number of esters is 1. The van der Waals surface area contributed by atoms with Gasteiger partial charge in [-0.2, -0.15) is 5.26 Å². The molecule has 0 bridgehead atoms. The number of amides is 1. The number of nitriles is 1. The normalized spacial score (nSPS) is 17.0. The van der Waals surface area contributed by atoms with Gasteiger partial charge in [-0.25, -0.2) is 9.97 Å². The summed E-state index contributed by atoms with van der Waals surface area (Å²) in [6, 6.07) is 1.93. The molecule has 1 atom stereocenters. The van der Waals surface area contributed by atoms with Crippen molar-refractivity contribution in [1.29, 1.82) is 5.26 Å². The first-order valence-corrected chi connectivity index (χ1v) is 7.95. The summed E-state index contributed by atoms with van der Waals surface area (Å²) >= 11 is 0. The van der Waals surface area contributed by atoms with Gasteiger partial charge >= 0.3 is 5.97 Å². The fourth-order valence-electron chi connectivity index (χ4n) is 2.51. The molecule has 0 aliphatic carbocycles. The van der Waals surface area contributed by atoms with Crippen LogP contribution >= 0.6 is 0 Å². The molecule has 2 rings (SSSR count). The van der Waals surface area contributed by atoms with Crippen molar-refractivity contribution in [2.75, 3.05) is 19.7 Å². The van der Waals surface area contributed by atoms with Crippen LogP contribution in [0.3, 0.4) is 0 Å². The second-order valence-corrected chi connectivity index (χ2v) is 5.35. The summed E-state index contributed by atoms with van der Waals surface area (Å²) in [5, 5.41) is 9.01. The Bertz CT molecular complexity index is 629. The molecule has 8 heteroatoms. The van der Waals surface area contributed by atoms with E-state index in [9.17, 15) is 9.59 Å². The minimum Gasteiger partial charge on any atom is -0.470 e. The van der Waals surface area contributed by atoms with Gasteiger partial charge in [-0.15, -0.1) is 0 Å². The van der Waals surface area contributed by atoms with Crippen molar-refractivity contribution < 1.29 is 19.1 Å². The smallest absolute Gasteiger partial charge is 0.306 e. The molecule has 1 aliphatic rings. The van der Waals surface area contributed by atoms with E-state index < -0.39 is 0 Å². The second kappa shape index (κ2) is 8.82. The molecule has 0 aromatic carbocycles. The molecule has 2 heterocycles. The lowest BCUT2D eigenvalue weighted by atomic mass is 10.1. The minimum absolute atomic E-state index is 0.0808. The van der Waals surface area contributed by atoms with Crippen LogP contribution in [0.4, 0.5) is 0 Å². The average molecular weight is 332 g/mol. The van der Waals surface area contributed by atoms with Crippen LogP contribution in [0.25, 0.3) is 0 Å². The third-order valence-corrected chi connectivity index (χ3v) is 3.63. The molecule has 0 N–H and O–H groups in total. The van der Waals surface area contributed by atoms with Crippen LogP contribution in [0.15, 0.2) is 12.4 Å². The summed E-state index contributed by atoms with van der Waals surface area (Å²) in [7, 11) is 0. The molecule has 1 aliphatic heterocycles. The molecular formula is C16H20N4O4. The highest BCUT2D eigenvalue weighted by molar-refractivity contribution is 5.81. The maximum absolute atomic E-state index is 12.2. The zero-order chi connectivity index (χ0) is 17.4. The maximum Gasteiger partial charge on any atom is 0.306 e. The van der Waals surface area contributed by atoms with Gasteiger partial charge in [-0.1, -0.05) is 0 Å². The number of nitrogens with zero attached hydrogens (tertiary/aromatic N) is 4. The monoisotopic (exact) mass is 332 g/mol. The van der Waals surface area contributed by atoms with Gasteiger partial charge in [0.1, 0.15) is 12.2 Å². The average Bonchev–Trinajstić information content (AvgIpc) is 2.60. The van der Waals surface area contributed by atoms with Crippen molar-refractivity contribution in [1.82, 2.24) is 14.9 Å². The first kappa shape index (κ1) is 17.7. The highest BCUT2D eigenvalue weighted by atomic mass is 16.5. The van der Waals surface area contributed by atoms with Gasteiger partial charge in [0.2, 0.25) is 11.6 Å². The maximum atomic E-state index is 12.2. The fraction of sp³-hybridized carbons (Fsp3) is 0.562. The Balaban J connectivity index is 1.88. The number of carbonyl (C=O) groups excluding carboxylic acids is 2. The van der Waals surface area contributed by atoms with Crippen molar-refractivity contribution in [2.24, 2.45) is 0 Å². The standard InChI is InChI=1S/C16H20N4O4/c1-2-23-15(22)6-5-14(21)20-9-3-4-12(11-20)24-16-13(10-17)18-7-8-19-16/h7-8,12H,2-6,9,11H2,1H3. The summed E-state index contributed by atoms with van der Waals surface area (Å²) in [4.78, 5) is 33.2. The SMILES string of the molecule is CCOC(=O)CCC(=O)N1CCCC(Oc2nccnc2C#N)C1. The van der Waals surface area contributed by atoms with Crippen molar-refractivity contribution in [3.63, 3.8) is 0 Å². The summed E-state index contributed by atoms with van der Waals surface area (Å²) < 4.78 is 10.6. The Hall–Kier alpha value is -2.69. The Morgan fingerprint density at radius 3 is 2.92 bits per heavy atom. The Morgan fingerprint density at radius 1 is 1.38 bits per heavy atom. The van der Waals surface area contributed by atoms with Gasteiger partial charge in [-0.3, -0.25) is 9.59 Å². The van der Waals surface area contributed by atoms with Crippen LogP contribution in [0.2, 0.25) is 0 Å². The van der Waals surface area contributed by atoms with Crippen LogP contribution in [0, 0.1) is 11.3 Å². The van der Waals surface area contributed by atoms with Gasteiger partial charge < -0.3 is 14.4 Å². The Labute approximate surface area is 140 Å². The highest BCUT2D eigenvalue weighted by Crippen LogP contribution is 2.19. The molecule has 1 aromatic rings. The number of ether oxygens (including phenoxy) is 2. The molecule has 8 nitrogen and oxygen atoms in total. The summed E-state index contributed by atoms with van der Waals surface area (Å²) in [6.07, 6.45) is 4.41. The Morgan fingerprint density at radius 2 is 2.17 bits per heavy atom. The molecule has 0 saturated carbocycles. The van der Waals surface area contributed by atoms with Crippen LogP contribution in [0.1, 0.15) is 38.3 Å². The Kier molecular flexibility index (Phi) is 6.49. The van der Waals surface area contributed by atoms with Crippen molar-refractivity contribution in [3.8, 4) is 11.9 Å². The number of carbonyl (C=O) groups is 2. The molecule has 1 amide bonds. The van der Waals surface area contributed by atoms with Crippen LogP contribution in [-0.4, -0.2) is 52.5 Å². The van der Waals surface area contributed by atoms with E-state index in [0.717, 1.165) is 12.8 Å². The predicted octanol–water partition coefficient (Wildman–Crippen LogP) is 1.06. The summed E-state index contributed by atoms with van der Waals surface area (Å²) in [6.45, 7) is 3.08. The summed E-state index contributed by atoms with van der Waals surface area (Å²) in [5.74, 6) is -0.282. The van der Waals surface area contributed by atoms with E-state index in [1.165, 1.54) is 12.4 Å². The van der Waals surface area contributed by atoms with Gasteiger partial charge in [0.25, 0.3) is 5.88 Å². The van der Waals surface area contributed by atoms with Crippen molar-refractivity contribution >= 4 is 11.9 Å². The van der Waals surface area contributed by atoms with E-state index in [2.05, 4.69) is 9.97 Å². The number of rotatable bonds is 6. The number of hydrogen-bond acceptors (Lipinski definition) is 7. The topological polar surface area (TPSA) is 105 Å². The van der Waals surface area contributed by atoms with E-state index in [1.807, 2.05) is 6.07 Å². The molecule has 1 aromatic heterocycles. The van der Waals surface area contributed by atoms with E-state index in [4.69, 9.17) is 14.7 Å². The lowest BCUT2D eigenvalue weighted by molar-refractivity contribution is -0.146. The fourth-order valence-corrected chi connectivity index (χ4v) is 2.51. The highest BCUT2D eigenvalue weighted by Gasteiger charge is 2.26. The van der Waals surface area contributed by atoms with E-state index >= 15 is 0 Å². The minimum atomic E-state index is -0.367. The van der Waals surface area contributed by atoms with Crippen LogP contribution in [0.5, 0.6) is 5.88 Å². The first-order chi connectivity index (χ1) is 11.6.